The van der Waals surface area contributed by atoms with Gasteiger partial charge < -0.3 is 20.3 Å². The third kappa shape index (κ3) is 4.29. The van der Waals surface area contributed by atoms with Gasteiger partial charge in [-0.25, -0.2) is 0 Å². The fraction of sp³-hybridized carbons (Fsp3) is 0.500. The lowest BCUT2D eigenvalue weighted by molar-refractivity contribution is -0.140. The molecule has 1 aromatic rings. The Labute approximate surface area is 130 Å². The Balaban J connectivity index is 1.81. The first kappa shape index (κ1) is 16.5. The molecule has 1 heterocycles. The van der Waals surface area contributed by atoms with Crippen LogP contribution in [0.15, 0.2) is 30.3 Å². The molecule has 1 aliphatic rings. The highest BCUT2D eigenvalue weighted by Crippen LogP contribution is 2.08. The van der Waals surface area contributed by atoms with Gasteiger partial charge in [-0.05, 0) is 5.56 Å². The fourth-order valence-electron chi connectivity index (χ4n) is 2.54. The van der Waals surface area contributed by atoms with Gasteiger partial charge in [0.25, 0.3) is 0 Å². The first-order chi connectivity index (χ1) is 10.6. The van der Waals surface area contributed by atoms with Crippen molar-refractivity contribution in [3.63, 3.8) is 0 Å². The van der Waals surface area contributed by atoms with Gasteiger partial charge in [0.05, 0.1) is 13.0 Å². The fourth-order valence-corrected chi connectivity index (χ4v) is 2.54. The number of methoxy groups -OCH3 is 1. The van der Waals surface area contributed by atoms with E-state index in [4.69, 9.17) is 10.5 Å². The van der Waals surface area contributed by atoms with Crippen LogP contribution in [-0.2, 0) is 20.7 Å². The Kier molecular flexibility index (Phi) is 5.91. The zero-order valence-electron chi connectivity index (χ0n) is 12.9. The number of ether oxygens (including phenoxy) is 1. The Morgan fingerprint density at radius 2 is 1.73 bits per heavy atom. The molecule has 1 fully saturated rings. The molecular formula is C16H23N3O3. The van der Waals surface area contributed by atoms with Crippen molar-refractivity contribution < 1.29 is 14.3 Å². The number of benzene rings is 1. The molecule has 0 saturated carbocycles. The number of nitrogens with zero attached hydrogens (tertiary/aromatic N) is 2. The highest BCUT2D eigenvalue weighted by atomic mass is 16.5. The summed E-state index contributed by atoms with van der Waals surface area (Å²) in [5.41, 5.74) is 6.77. The highest BCUT2D eigenvalue weighted by molar-refractivity contribution is 5.83. The van der Waals surface area contributed by atoms with Crippen molar-refractivity contribution in [1.29, 1.82) is 0 Å². The smallest absolute Gasteiger partial charge is 0.241 e. The van der Waals surface area contributed by atoms with Crippen molar-refractivity contribution in [3.05, 3.63) is 35.9 Å². The summed E-state index contributed by atoms with van der Waals surface area (Å²) in [6.45, 7) is 2.37. The number of rotatable bonds is 5. The Bertz CT molecular complexity index is 499. The van der Waals surface area contributed by atoms with Crippen LogP contribution in [0, 0.1) is 0 Å². The van der Waals surface area contributed by atoms with Crippen LogP contribution in [-0.4, -0.2) is 67.6 Å². The Morgan fingerprint density at radius 3 is 2.32 bits per heavy atom. The SMILES string of the molecule is COCC(N)C(=O)N1CCN(C(=O)Cc2ccccc2)CC1. The van der Waals surface area contributed by atoms with Crippen molar-refractivity contribution in [2.45, 2.75) is 12.5 Å². The molecule has 1 unspecified atom stereocenters. The van der Waals surface area contributed by atoms with Gasteiger partial charge in [0.1, 0.15) is 6.04 Å². The van der Waals surface area contributed by atoms with Crippen LogP contribution in [0.25, 0.3) is 0 Å². The quantitative estimate of drug-likeness (QED) is 0.822. The summed E-state index contributed by atoms with van der Waals surface area (Å²) >= 11 is 0. The maximum absolute atomic E-state index is 12.3. The second kappa shape index (κ2) is 7.91. The van der Waals surface area contributed by atoms with Crippen LogP contribution in [0.2, 0.25) is 0 Å². The summed E-state index contributed by atoms with van der Waals surface area (Å²) in [5.74, 6) is -0.0171. The molecule has 1 saturated heterocycles. The first-order valence-electron chi connectivity index (χ1n) is 7.47. The molecule has 22 heavy (non-hydrogen) atoms. The van der Waals surface area contributed by atoms with E-state index in [0.717, 1.165) is 5.56 Å². The van der Waals surface area contributed by atoms with Gasteiger partial charge in [-0.2, -0.15) is 0 Å². The zero-order valence-corrected chi connectivity index (χ0v) is 12.9. The molecule has 1 aliphatic heterocycles. The molecule has 6 nitrogen and oxygen atoms in total. The summed E-state index contributed by atoms with van der Waals surface area (Å²) in [4.78, 5) is 27.8. The molecule has 2 amide bonds. The molecule has 1 atom stereocenters. The van der Waals surface area contributed by atoms with Crippen molar-refractivity contribution in [1.82, 2.24) is 9.80 Å². The molecular weight excluding hydrogens is 282 g/mol. The minimum atomic E-state index is -0.628. The molecule has 6 heteroatoms. The van der Waals surface area contributed by atoms with Crippen molar-refractivity contribution >= 4 is 11.8 Å². The van der Waals surface area contributed by atoms with Crippen LogP contribution in [0.5, 0.6) is 0 Å². The lowest BCUT2D eigenvalue weighted by Gasteiger charge is -2.35. The maximum Gasteiger partial charge on any atom is 0.241 e. The van der Waals surface area contributed by atoms with E-state index in [1.165, 1.54) is 7.11 Å². The topological polar surface area (TPSA) is 75.9 Å². The molecule has 0 radical (unpaired) electrons. The van der Waals surface area contributed by atoms with Crippen LogP contribution < -0.4 is 5.73 Å². The van der Waals surface area contributed by atoms with Crippen LogP contribution in [0.4, 0.5) is 0 Å². The monoisotopic (exact) mass is 305 g/mol. The van der Waals surface area contributed by atoms with E-state index >= 15 is 0 Å². The average Bonchev–Trinajstić information content (AvgIpc) is 2.55. The summed E-state index contributed by atoms with van der Waals surface area (Å²) in [7, 11) is 1.52. The van der Waals surface area contributed by atoms with Gasteiger partial charge in [0, 0.05) is 33.3 Å². The lowest BCUT2D eigenvalue weighted by atomic mass is 10.1. The van der Waals surface area contributed by atoms with Crippen molar-refractivity contribution in [2.24, 2.45) is 5.73 Å². The molecule has 1 aromatic carbocycles. The summed E-state index contributed by atoms with van der Waals surface area (Å²) < 4.78 is 4.90. The molecule has 0 bridgehead atoms. The standard InChI is InChI=1S/C16H23N3O3/c1-22-12-14(17)16(21)19-9-7-18(8-10-19)15(20)11-13-5-3-2-4-6-13/h2-6,14H,7-12,17H2,1H3. The van der Waals surface area contributed by atoms with Crippen molar-refractivity contribution in [2.75, 3.05) is 39.9 Å². The number of amides is 2. The van der Waals surface area contributed by atoms with Crippen LogP contribution >= 0.6 is 0 Å². The van der Waals surface area contributed by atoms with Gasteiger partial charge in [-0.15, -0.1) is 0 Å². The molecule has 2 N–H and O–H groups in total. The second-order valence-corrected chi connectivity index (χ2v) is 5.43. The zero-order chi connectivity index (χ0) is 15.9. The third-order valence-corrected chi connectivity index (χ3v) is 3.81. The predicted octanol–water partition coefficient (Wildman–Crippen LogP) is -0.126. The maximum atomic E-state index is 12.3. The normalized spacial score (nSPS) is 16.5. The number of hydrogen-bond acceptors (Lipinski definition) is 4. The number of hydrogen-bond donors (Lipinski definition) is 1. The van der Waals surface area contributed by atoms with Gasteiger partial charge in [-0.3, -0.25) is 9.59 Å². The van der Waals surface area contributed by atoms with E-state index in [-0.39, 0.29) is 18.4 Å². The van der Waals surface area contributed by atoms with Gasteiger partial charge in [0.2, 0.25) is 11.8 Å². The van der Waals surface area contributed by atoms with Crippen LogP contribution in [0.1, 0.15) is 5.56 Å². The summed E-state index contributed by atoms with van der Waals surface area (Å²) in [6.07, 6.45) is 0.401. The average molecular weight is 305 g/mol. The van der Waals surface area contributed by atoms with E-state index in [1.54, 1.807) is 9.80 Å². The van der Waals surface area contributed by atoms with E-state index in [1.807, 2.05) is 30.3 Å². The van der Waals surface area contributed by atoms with E-state index in [9.17, 15) is 9.59 Å². The third-order valence-electron chi connectivity index (χ3n) is 3.81. The van der Waals surface area contributed by atoms with Crippen LogP contribution in [0.3, 0.4) is 0 Å². The molecule has 120 valence electrons. The minimum Gasteiger partial charge on any atom is -0.383 e. The van der Waals surface area contributed by atoms with Crippen molar-refractivity contribution in [3.8, 4) is 0 Å². The summed E-state index contributed by atoms with van der Waals surface area (Å²) in [6, 6.07) is 9.05. The molecule has 2 rings (SSSR count). The molecule has 0 aliphatic carbocycles. The van der Waals surface area contributed by atoms with E-state index in [0.29, 0.717) is 32.6 Å². The number of nitrogens with two attached hydrogens (primary N) is 1. The Morgan fingerprint density at radius 1 is 1.14 bits per heavy atom. The number of carbonyl (C=O) groups excluding carboxylic acids is 2. The first-order valence-corrected chi connectivity index (χ1v) is 7.47. The predicted molar refractivity (Wildman–Crippen MR) is 83.2 cm³/mol. The van der Waals surface area contributed by atoms with Gasteiger partial charge in [0.15, 0.2) is 0 Å². The highest BCUT2D eigenvalue weighted by Gasteiger charge is 2.27. The second-order valence-electron chi connectivity index (χ2n) is 5.43. The molecule has 0 aromatic heterocycles. The number of piperazine rings is 1. The van der Waals surface area contributed by atoms with E-state index in [2.05, 4.69) is 0 Å². The minimum absolute atomic E-state index is 0.0967. The largest absolute Gasteiger partial charge is 0.383 e. The van der Waals surface area contributed by atoms with Gasteiger partial charge >= 0.3 is 0 Å². The summed E-state index contributed by atoms with van der Waals surface area (Å²) in [5, 5.41) is 0. The lowest BCUT2D eigenvalue weighted by Crippen LogP contribution is -2.55. The van der Waals surface area contributed by atoms with Gasteiger partial charge in [-0.1, -0.05) is 30.3 Å². The van der Waals surface area contributed by atoms with E-state index < -0.39 is 6.04 Å². The Hall–Kier alpha value is -1.92. The number of carbonyl (C=O) groups is 2. The molecule has 0 spiro atoms.